The van der Waals surface area contributed by atoms with E-state index < -0.39 is 4.92 Å². The summed E-state index contributed by atoms with van der Waals surface area (Å²) in [4.78, 5) is 23.6. The lowest BCUT2D eigenvalue weighted by atomic mass is 10.1. The van der Waals surface area contributed by atoms with Crippen LogP contribution in [0.15, 0.2) is 65.4 Å². The van der Waals surface area contributed by atoms with E-state index in [-0.39, 0.29) is 11.6 Å². The fraction of sp³-hybridized carbons (Fsp3) is 0.100. The highest BCUT2D eigenvalue weighted by Gasteiger charge is 2.29. The average molecular weight is 360 g/mol. The normalized spacial score (nSPS) is 15.6. The third-order valence-corrected chi connectivity index (χ3v) is 4.58. The zero-order chi connectivity index (χ0) is 19.1. The van der Waals surface area contributed by atoms with Gasteiger partial charge in [0.1, 0.15) is 0 Å². The molecule has 134 valence electrons. The maximum absolute atomic E-state index is 12.9. The topological polar surface area (TPSA) is 80.7 Å². The first-order valence-corrected chi connectivity index (χ1v) is 8.36. The Morgan fingerprint density at radius 3 is 2.59 bits per heavy atom. The third kappa shape index (κ3) is 2.79. The molecule has 0 aliphatic carbocycles. The Labute approximate surface area is 155 Å². The van der Waals surface area contributed by atoms with Crippen LogP contribution in [0.3, 0.4) is 0 Å². The van der Waals surface area contributed by atoms with Crippen LogP contribution in [0.2, 0.25) is 0 Å². The molecule has 3 aromatic rings. The second-order valence-corrected chi connectivity index (χ2v) is 6.35. The van der Waals surface area contributed by atoms with Crippen LogP contribution < -0.4 is 5.01 Å². The largest absolute Gasteiger partial charge is 0.350 e. The van der Waals surface area contributed by atoms with Crippen LogP contribution >= 0.6 is 0 Å². The zero-order valence-corrected chi connectivity index (χ0v) is 14.8. The first kappa shape index (κ1) is 16.7. The number of nitro groups is 1. The summed E-state index contributed by atoms with van der Waals surface area (Å²) >= 11 is 0. The summed E-state index contributed by atoms with van der Waals surface area (Å²) < 4.78 is 1.88. The molecule has 0 spiro atoms. The summed E-state index contributed by atoms with van der Waals surface area (Å²) in [6.07, 6.45) is 3.60. The highest BCUT2D eigenvalue weighted by Crippen LogP contribution is 2.29. The van der Waals surface area contributed by atoms with Crippen LogP contribution in [0.25, 0.3) is 17.0 Å². The molecule has 27 heavy (non-hydrogen) atoms. The number of carbonyl (C=O) groups is 1. The maximum atomic E-state index is 12.9. The summed E-state index contributed by atoms with van der Waals surface area (Å²) in [5, 5.41) is 17.6. The van der Waals surface area contributed by atoms with Crippen molar-refractivity contribution in [2.24, 2.45) is 12.1 Å². The Balaban J connectivity index is 1.80. The SMILES string of the molecule is CC1=NN(c2ccccc2)C(=O)/C1=C\c1cn(C)c2ccc([N+](=O)[O-])cc12. The average Bonchev–Trinajstić information content (AvgIpc) is 3.13. The summed E-state index contributed by atoms with van der Waals surface area (Å²) in [5.41, 5.74) is 3.38. The molecule has 0 saturated carbocycles. The highest BCUT2D eigenvalue weighted by atomic mass is 16.6. The van der Waals surface area contributed by atoms with Crippen molar-refractivity contribution in [2.75, 3.05) is 5.01 Å². The van der Waals surface area contributed by atoms with Crippen LogP contribution in [-0.2, 0) is 11.8 Å². The lowest BCUT2D eigenvalue weighted by Gasteiger charge is -2.10. The molecule has 0 unspecified atom stereocenters. The van der Waals surface area contributed by atoms with Crippen molar-refractivity contribution in [3.8, 4) is 0 Å². The number of aromatic nitrogens is 1. The van der Waals surface area contributed by atoms with Crippen LogP contribution in [-0.4, -0.2) is 21.1 Å². The van der Waals surface area contributed by atoms with Gasteiger partial charge in [-0.25, -0.2) is 0 Å². The number of anilines is 1. The molecular formula is C20H16N4O3. The molecule has 2 heterocycles. The van der Waals surface area contributed by atoms with Gasteiger partial charge in [-0.1, -0.05) is 18.2 Å². The summed E-state index contributed by atoms with van der Waals surface area (Å²) in [6, 6.07) is 13.9. The number of amides is 1. The molecule has 0 atom stereocenters. The van der Waals surface area contributed by atoms with Crippen LogP contribution in [0, 0.1) is 10.1 Å². The number of benzene rings is 2. The van der Waals surface area contributed by atoms with Crippen molar-refractivity contribution in [3.63, 3.8) is 0 Å². The molecule has 0 fully saturated rings. The Kier molecular flexibility index (Phi) is 3.84. The zero-order valence-electron chi connectivity index (χ0n) is 14.8. The number of fused-ring (bicyclic) bond motifs is 1. The summed E-state index contributed by atoms with van der Waals surface area (Å²) in [5.74, 6) is -0.221. The number of hydrogen-bond acceptors (Lipinski definition) is 4. The predicted molar refractivity (Wildman–Crippen MR) is 105 cm³/mol. The van der Waals surface area contributed by atoms with Crippen LogP contribution in [0.1, 0.15) is 12.5 Å². The molecule has 2 aromatic carbocycles. The predicted octanol–water partition coefficient (Wildman–Crippen LogP) is 3.89. The molecule has 4 rings (SSSR count). The monoisotopic (exact) mass is 360 g/mol. The van der Waals surface area contributed by atoms with Crippen molar-refractivity contribution in [1.29, 1.82) is 0 Å². The number of nitro benzene ring substituents is 1. The van der Waals surface area contributed by atoms with E-state index in [1.54, 1.807) is 19.1 Å². The standard InChI is InChI=1S/C20H16N4O3/c1-13-17(20(25)23(21-13)15-6-4-3-5-7-15)10-14-12-22(2)19-9-8-16(24(26)27)11-18(14)19/h3-12H,1-2H3/b17-10-. The van der Waals surface area contributed by atoms with Crippen molar-refractivity contribution >= 4 is 40.0 Å². The van der Waals surface area contributed by atoms with Gasteiger partial charge < -0.3 is 4.57 Å². The van der Waals surface area contributed by atoms with Gasteiger partial charge in [-0.2, -0.15) is 10.1 Å². The molecule has 0 bridgehead atoms. The Morgan fingerprint density at radius 1 is 1.15 bits per heavy atom. The Morgan fingerprint density at radius 2 is 1.89 bits per heavy atom. The molecule has 0 saturated heterocycles. The molecule has 1 aliphatic heterocycles. The number of non-ortho nitro benzene ring substituents is 1. The fourth-order valence-corrected chi connectivity index (χ4v) is 3.22. The smallest absolute Gasteiger partial charge is 0.280 e. The van der Waals surface area contributed by atoms with Gasteiger partial charge in [0.15, 0.2) is 0 Å². The lowest BCUT2D eigenvalue weighted by molar-refractivity contribution is -0.384. The number of hydrazone groups is 1. The second-order valence-electron chi connectivity index (χ2n) is 6.35. The van der Waals surface area contributed by atoms with Crippen LogP contribution in [0.4, 0.5) is 11.4 Å². The minimum Gasteiger partial charge on any atom is -0.350 e. The van der Waals surface area contributed by atoms with E-state index in [0.717, 1.165) is 16.5 Å². The Hall–Kier alpha value is -3.74. The van der Waals surface area contributed by atoms with Gasteiger partial charge in [0.2, 0.25) is 0 Å². The number of carbonyl (C=O) groups excluding carboxylic acids is 1. The number of nitrogens with zero attached hydrogens (tertiary/aromatic N) is 4. The van der Waals surface area contributed by atoms with Gasteiger partial charge in [0.25, 0.3) is 11.6 Å². The molecule has 1 amide bonds. The van der Waals surface area contributed by atoms with E-state index in [4.69, 9.17) is 0 Å². The fourth-order valence-electron chi connectivity index (χ4n) is 3.22. The minimum atomic E-state index is -0.423. The first-order valence-electron chi connectivity index (χ1n) is 8.36. The molecule has 1 aromatic heterocycles. The van der Waals surface area contributed by atoms with Gasteiger partial charge in [-0.15, -0.1) is 0 Å². The van der Waals surface area contributed by atoms with E-state index >= 15 is 0 Å². The van der Waals surface area contributed by atoms with Crippen molar-refractivity contribution in [1.82, 2.24) is 4.57 Å². The first-order chi connectivity index (χ1) is 13.0. The van der Waals surface area contributed by atoms with E-state index in [1.807, 2.05) is 48.1 Å². The van der Waals surface area contributed by atoms with Crippen molar-refractivity contribution < 1.29 is 9.72 Å². The minimum absolute atomic E-state index is 0.0161. The number of para-hydroxylation sites is 1. The Bertz CT molecular complexity index is 1140. The van der Waals surface area contributed by atoms with E-state index in [0.29, 0.717) is 17.0 Å². The molecule has 0 N–H and O–H groups in total. The van der Waals surface area contributed by atoms with Crippen LogP contribution in [0.5, 0.6) is 0 Å². The number of rotatable bonds is 3. The van der Waals surface area contributed by atoms with E-state index in [1.165, 1.54) is 17.1 Å². The van der Waals surface area contributed by atoms with Gasteiger partial charge in [0.05, 0.1) is 21.9 Å². The maximum Gasteiger partial charge on any atom is 0.280 e. The highest BCUT2D eigenvalue weighted by molar-refractivity contribution is 6.32. The molecule has 0 radical (unpaired) electrons. The summed E-state index contributed by atoms with van der Waals surface area (Å²) in [7, 11) is 1.86. The van der Waals surface area contributed by atoms with E-state index in [9.17, 15) is 14.9 Å². The number of hydrogen-bond donors (Lipinski definition) is 0. The molecule has 7 nitrogen and oxygen atoms in total. The number of aryl methyl sites for hydroxylation is 1. The second kappa shape index (κ2) is 6.21. The lowest BCUT2D eigenvalue weighted by Crippen LogP contribution is -2.21. The van der Waals surface area contributed by atoms with Gasteiger partial charge in [-0.3, -0.25) is 14.9 Å². The van der Waals surface area contributed by atoms with Gasteiger partial charge >= 0.3 is 0 Å². The van der Waals surface area contributed by atoms with Gasteiger partial charge in [0, 0.05) is 41.8 Å². The third-order valence-electron chi connectivity index (χ3n) is 4.58. The quantitative estimate of drug-likeness (QED) is 0.404. The molecule has 1 aliphatic rings. The van der Waals surface area contributed by atoms with Crippen molar-refractivity contribution in [2.45, 2.75) is 6.92 Å². The van der Waals surface area contributed by atoms with E-state index in [2.05, 4.69) is 5.10 Å². The molecule has 7 heteroatoms. The van der Waals surface area contributed by atoms with Gasteiger partial charge in [-0.05, 0) is 31.2 Å². The summed E-state index contributed by atoms with van der Waals surface area (Å²) in [6.45, 7) is 1.78. The molecular weight excluding hydrogens is 344 g/mol. The van der Waals surface area contributed by atoms with Crippen molar-refractivity contribution in [3.05, 3.63) is 76.0 Å².